The molecular weight excluding hydrogens is 527 g/mol. The first kappa shape index (κ1) is 29.0. The van der Waals surface area contributed by atoms with Gasteiger partial charge in [-0.05, 0) is 74.8 Å². The summed E-state index contributed by atoms with van der Waals surface area (Å²) in [6.07, 6.45) is 8.52. The van der Waals surface area contributed by atoms with Crippen LogP contribution < -0.4 is 10.1 Å². The molecule has 3 aromatic rings. The van der Waals surface area contributed by atoms with Gasteiger partial charge >= 0.3 is 5.97 Å². The summed E-state index contributed by atoms with van der Waals surface area (Å²) >= 11 is 0. The maximum atomic E-state index is 15.1. The number of unbranched alkanes of at least 4 members (excludes halogenated alkanes) is 2. The number of fused-ring (bicyclic) bond motifs is 1. The molecule has 2 aliphatic rings. The van der Waals surface area contributed by atoms with Crippen molar-refractivity contribution in [2.45, 2.75) is 70.4 Å². The molecule has 0 radical (unpaired) electrons. The zero-order valence-corrected chi connectivity index (χ0v) is 23.8. The number of anilines is 1. The van der Waals surface area contributed by atoms with Crippen LogP contribution in [0.25, 0.3) is 0 Å². The van der Waals surface area contributed by atoms with Crippen molar-refractivity contribution in [1.29, 1.82) is 0 Å². The highest BCUT2D eigenvalue weighted by Crippen LogP contribution is 2.36. The SMILES string of the molecule is COc1c(F)cc(Cc2ocnc2C)cc1[C@@H](C(=O)O)N1CC[C@@H](OCCCCCc2ccc3c(n2)NCCC3)C1. The number of aryl methyl sites for hydroxylation is 3. The van der Waals surface area contributed by atoms with Crippen LogP contribution >= 0.6 is 0 Å². The van der Waals surface area contributed by atoms with Crippen molar-refractivity contribution in [3.63, 3.8) is 0 Å². The fourth-order valence-corrected chi connectivity index (χ4v) is 5.83. The zero-order chi connectivity index (χ0) is 28.8. The average molecular weight is 567 g/mol. The van der Waals surface area contributed by atoms with E-state index < -0.39 is 17.8 Å². The highest BCUT2D eigenvalue weighted by Gasteiger charge is 2.36. The molecule has 10 heteroatoms. The van der Waals surface area contributed by atoms with Gasteiger partial charge in [-0.2, -0.15) is 0 Å². The van der Waals surface area contributed by atoms with Crippen molar-refractivity contribution in [3.8, 4) is 5.75 Å². The molecule has 2 aliphatic heterocycles. The molecule has 0 unspecified atom stereocenters. The molecular formula is C31H39FN4O5. The lowest BCUT2D eigenvalue weighted by molar-refractivity contribution is -0.143. The van der Waals surface area contributed by atoms with E-state index >= 15 is 4.39 Å². The quantitative estimate of drug-likeness (QED) is 0.273. The number of nitrogens with one attached hydrogen (secondary N) is 1. The first-order chi connectivity index (χ1) is 19.9. The smallest absolute Gasteiger partial charge is 0.325 e. The maximum Gasteiger partial charge on any atom is 0.325 e. The van der Waals surface area contributed by atoms with Crippen molar-refractivity contribution in [2.24, 2.45) is 0 Å². The molecule has 9 nitrogen and oxygen atoms in total. The van der Waals surface area contributed by atoms with Crippen LogP contribution in [0.3, 0.4) is 0 Å². The molecule has 1 saturated heterocycles. The number of carboxylic acids is 1. The number of hydrogen-bond donors (Lipinski definition) is 2. The molecule has 2 aromatic heterocycles. The third kappa shape index (κ3) is 7.05. The number of aromatic nitrogens is 2. The number of pyridine rings is 1. The van der Waals surface area contributed by atoms with Crippen molar-refractivity contribution >= 4 is 11.8 Å². The van der Waals surface area contributed by atoms with Crippen LogP contribution in [0.1, 0.15) is 72.0 Å². The first-order valence-electron chi connectivity index (χ1n) is 14.5. The number of methoxy groups -OCH3 is 1. The van der Waals surface area contributed by atoms with Gasteiger partial charge in [0.25, 0.3) is 0 Å². The second-order valence-electron chi connectivity index (χ2n) is 10.9. The van der Waals surface area contributed by atoms with Gasteiger partial charge in [0.05, 0.1) is 18.9 Å². The van der Waals surface area contributed by atoms with E-state index in [1.165, 1.54) is 25.1 Å². The summed E-state index contributed by atoms with van der Waals surface area (Å²) in [4.78, 5) is 23.2. The van der Waals surface area contributed by atoms with Crippen molar-refractivity contribution < 1.29 is 28.2 Å². The summed E-state index contributed by atoms with van der Waals surface area (Å²) in [6.45, 7) is 4.43. The Morgan fingerprint density at radius 3 is 2.95 bits per heavy atom. The van der Waals surface area contributed by atoms with E-state index in [9.17, 15) is 9.90 Å². The molecule has 1 fully saturated rings. The number of aliphatic carboxylic acids is 1. The number of likely N-dealkylation sites (tertiary alicyclic amines) is 1. The lowest BCUT2D eigenvalue weighted by Gasteiger charge is -2.26. The lowest BCUT2D eigenvalue weighted by Crippen LogP contribution is -2.34. The molecule has 2 atom stereocenters. The van der Waals surface area contributed by atoms with Gasteiger partial charge < -0.3 is 24.3 Å². The number of hydrogen-bond acceptors (Lipinski definition) is 8. The van der Waals surface area contributed by atoms with Crippen molar-refractivity contribution in [3.05, 3.63) is 70.3 Å². The molecule has 5 rings (SSSR count). The number of carbonyl (C=O) groups is 1. The molecule has 4 heterocycles. The van der Waals surface area contributed by atoms with E-state index in [-0.39, 0.29) is 11.9 Å². The summed E-state index contributed by atoms with van der Waals surface area (Å²) in [7, 11) is 1.36. The van der Waals surface area contributed by atoms with Gasteiger partial charge in [0.1, 0.15) is 17.6 Å². The van der Waals surface area contributed by atoms with Gasteiger partial charge in [-0.15, -0.1) is 0 Å². The van der Waals surface area contributed by atoms with Gasteiger partial charge in [0, 0.05) is 43.9 Å². The molecule has 1 aromatic carbocycles. The second kappa shape index (κ2) is 13.4. The number of oxazole rings is 1. The molecule has 2 N–H and O–H groups in total. The fraction of sp³-hybridized carbons (Fsp3) is 0.516. The highest BCUT2D eigenvalue weighted by molar-refractivity contribution is 5.77. The lowest BCUT2D eigenvalue weighted by atomic mass is 9.98. The highest BCUT2D eigenvalue weighted by atomic mass is 19.1. The Labute approximate surface area is 240 Å². The zero-order valence-electron chi connectivity index (χ0n) is 23.8. The van der Waals surface area contributed by atoms with Crippen LogP contribution in [0.2, 0.25) is 0 Å². The fourth-order valence-electron chi connectivity index (χ4n) is 5.83. The Morgan fingerprint density at radius 1 is 1.29 bits per heavy atom. The van der Waals surface area contributed by atoms with Crippen LogP contribution in [0.5, 0.6) is 5.75 Å². The van der Waals surface area contributed by atoms with Crippen LogP contribution in [0.4, 0.5) is 10.2 Å². The van der Waals surface area contributed by atoms with E-state index in [1.807, 2.05) is 11.8 Å². The molecule has 0 aliphatic carbocycles. The minimum atomic E-state index is -1.05. The number of benzene rings is 1. The topological polar surface area (TPSA) is 110 Å². The summed E-state index contributed by atoms with van der Waals surface area (Å²) < 4.78 is 31.9. The molecule has 0 amide bonds. The Morgan fingerprint density at radius 2 is 2.17 bits per heavy atom. The van der Waals surface area contributed by atoms with Crippen LogP contribution in [0, 0.1) is 12.7 Å². The van der Waals surface area contributed by atoms with E-state index in [0.29, 0.717) is 48.7 Å². The summed E-state index contributed by atoms with van der Waals surface area (Å²) in [5, 5.41) is 13.6. The first-order valence-corrected chi connectivity index (χ1v) is 14.5. The number of nitrogens with zero attached hydrogens (tertiary/aromatic N) is 3. The molecule has 41 heavy (non-hydrogen) atoms. The second-order valence-corrected chi connectivity index (χ2v) is 10.9. The van der Waals surface area contributed by atoms with Gasteiger partial charge in [-0.25, -0.2) is 14.4 Å². The predicted molar refractivity (Wildman–Crippen MR) is 152 cm³/mol. The predicted octanol–water partition coefficient (Wildman–Crippen LogP) is 5.10. The van der Waals surface area contributed by atoms with Gasteiger partial charge in [-0.1, -0.05) is 12.5 Å². The number of ether oxygens (including phenoxy) is 2. The van der Waals surface area contributed by atoms with Gasteiger partial charge in [-0.3, -0.25) is 9.69 Å². The Hall–Kier alpha value is -3.50. The molecule has 0 spiro atoms. The normalized spacial score (nSPS) is 17.7. The standard InChI is InChI=1S/C31H39FN4O5/c1-20-27(41-19-34-20)17-21-15-25(29(39-2)26(32)16-21)28(31(37)38)36-13-11-24(18-36)40-14-5-3-4-8-23-10-9-22-7-6-12-33-30(22)35-23/h9-10,15-16,19,24,28H,3-8,11-14,17-18H2,1-2H3,(H,33,35)(H,37,38)/t24-,28+/m1/s1. The monoisotopic (exact) mass is 566 g/mol. The molecule has 0 saturated carbocycles. The summed E-state index contributed by atoms with van der Waals surface area (Å²) in [5.74, 6) is -0.0545. The van der Waals surface area contributed by atoms with E-state index in [1.54, 1.807) is 6.07 Å². The maximum absolute atomic E-state index is 15.1. The largest absolute Gasteiger partial charge is 0.493 e. The van der Waals surface area contributed by atoms with Gasteiger partial charge in [0.2, 0.25) is 0 Å². The number of rotatable bonds is 13. The minimum Gasteiger partial charge on any atom is -0.493 e. The third-order valence-corrected chi connectivity index (χ3v) is 8.00. The van der Waals surface area contributed by atoms with E-state index in [0.717, 1.165) is 63.0 Å². The molecule has 0 bridgehead atoms. The van der Waals surface area contributed by atoms with Crippen LogP contribution in [-0.4, -0.2) is 65.4 Å². The van der Waals surface area contributed by atoms with Crippen molar-refractivity contribution in [2.75, 3.05) is 38.7 Å². The molecule has 220 valence electrons. The third-order valence-electron chi connectivity index (χ3n) is 8.00. The van der Waals surface area contributed by atoms with Crippen LogP contribution in [0.15, 0.2) is 35.1 Å². The van der Waals surface area contributed by atoms with Crippen molar-refractivity contribution in [1.82, 2.24) is 14.9 Å². The van der Waals surface area contributed by atoms with E-state index in [4.69, 9.17) is 18.9 Å². The number of halogens is 1. The summed E-state index contributed by atoms with van der Waals surface area (Å²) in [6, 6.07) is 6.34. The minimum absolute atomic E-state index is 0.0518. The Balaban J connectivity index is 1.13. The van der Waals surface area contributed by atoms with Gasteiger partial charge in [0.15, 0.2) is 18.0 Å². The summed E-state index contributed by atoms with van der Waals surface area (Å²) in [5.41, 5.74) is 4.03. The number of carboxylic acid groups (broad SMARTS) is 1. The average Bonchev–Trinajstić information content (AvgIpc) is 3.59. The van der Waals surface area contributed by atoms with Crippen LogP contribution in [-0.2, 0) is 28.8 Å². The Bertz CT molecular complexity index is 1350. The Kier molecular flexibility index (Phi) is 9.51. The van der Waals surface area contributed by atoms with E-state index in [2.05, 4.69) is 22.4 Å².